The second-order valence-electron chi connectivity index (χ2n) is 5.64. The fraction of sp³-hybridized carbons (Fsp3) is 0.562. The number of methoxy groups -OCH3 is 1. The first kappa shape index (κ1) is 15.8. The Bertz CT molecular complexity index is 465. The summed E-state index contributed by atoms with van der Waals surface area (Å²) in [6.07, 6.45) is 3.56. The van der Waals surface area contributed by atoms with Crippen molar-refractivity contribution in [2.45, 2.75) is 25.3 Å². The van der Waals surface area contributed by atoms with E-state index in [1.54, 1.807) is 0 Å². The molecule has 2 rings (SSSR count). The summed E-state index contributed by atoms with van der Waals surface area (Å²) in [6.45, 7) is 2.37. The molecule has 2 N–H and O–H groups in total. The highest BCUT2D eigenvalue weighted by Gasteiger charge is 2.14. The van der Waals surface area contributed by atoms with Crippen molar-refractivity contribution in [1.29, 1.82) is 0 Å². The maximum absolute atomic E-state index is 11.5. The lowest BCUT2D eigenvalue weighted by Gasteiger charge is -2.18. The molecule has 1 heterocycles. The number of carbonyl (C=O) groups is 1. The van der Waals surface area contributed by atoms with Gasteiger partial charge in [0, 0.05) is 24.5 Å². The number of amides is 1. The molecule has 5 nitrogen and oxygen atoms in total. The van der Waals surface area contributed by atoms with Gasteiger partial charge in [-0.05, 0) is 57.6 Å². The average molecular weight is 291 g/mol. The summed E-state index contributed by atoms with van der Waals surface area (Å²) < 4.78 is 4.82. The van der Waals surface area contributed by atoms with E-state index in [9.17, 15) is 4.79 Å². The molecular formula is C16H25N3O2. The van der Waals surface area contributed by atoms with E-state index in [-0.39, 0.29) is 12.5 Å². The number of likely N-dealkylation sites (tertiary alicyclic amines) is 1. The predicted molar refractivity (Wildman–Crippen MR) is 85.7 cm³/mol. The molecule has 0 radical (unpaired) electrons. The van der Waals surface area contributed by atoms with E-state index in [1.807, 2.05) is 24.3 Å². The Balaban J connectivity index is 1.92. The van der Waals surface area contributed by atoms with Crippen LogP contribution in [-0.2, 0) is 9.53 Å². The standard InChI is InChI=1S/C16H25N3O2/c1-19-9-4-7-13(8-10-19)17-14-5-3-6-15(11-14)18-16(20)12-21-2/h3,5-6,11,13,17H,4,7-10,12H2,1-2H3,(H,18,20). The maximum atomic E-state index is 11.5. The second kappa shape index (κ2) is 8.00. The summed E-state index contributed by atoms with van der Waals surface area (Å²) in [4.78, 5) is 13.9. The first-order valence-electron chi connectivity index (χ1n) is 7.51. The molecule has 116 valence electrons. The highest BCUT2D eigenvalue weighted by molar-refractivity contribution is 5.92. The number of rotatable bonds is 5. The molecule has 0 aliphatic carbocycles. The molecule has 0 saturated carbocycles. The number of ether oxygens (including phenoxy) is 1. The number of anilines is 2. The van der Waals surface area contributed by atoms with Crippen molar-refractivity contribution in [1.82, 2.24) is 4.90 Å². The van der Waals surface area contributed by atoms with E-state index in [2.05, 4.69) is 22.6 Å². The van der Waals surface area contributed by atoms with E-state index in [0.717, 1.165) is 24.3 Å². The minimum absolute atomic E-state index is 0.0760. The van der Waals surface area contributed by atoms with Gasteiger partial charge in [0.1, 0.15) is 6.61 Å². The van der Waals surface area contributed by atoms with Gasteiger partial charge in [-0.15, -0.1) is 0 Å². The summed E-state index contributed by atoms with van der Waals surface area (Å²) in [5.41, 5.74) is 1.85. The molecule has 1 aliphatic heterocycles. The Labute approximate surface area is 126 Å². The molecule has 1 saturated heterocycles. The zero-order valence-electron chi connectivity index (χ0n) is 12.9. The number of carbonyl (C=O) groups excluding carboxylic acids is 1. The number of nitrogens with one attached hydrogen (secondary N) is 2. The molecule has 1 aliphatic rings. The molecule has 0 bridgehead atoms. The van der Waals surface area contributed by atoms with Crippen molar-refractivity contribution in [2.24, 2.45) is 0 Å². The summed E-state index contributed by atoms with van der Waals surface area (Å²) in [7, 11) is 3.69. The van der Waals surface area contributed by atoms with Gasteiger partial charge < -0.3 is 20.3 Å². The first-order chi connectivity index (χ1) is 10.2. The Morgan fingerprint density at radius 3 is 2.95 bits per heavy atom. The van der Waals surface area contributed by atoms with Gasteiger partial charge in [-0.1, -0.05) is 6.07 Å². The largest absolute Gasteiger partial charge is 0.382 e. The molecular weight excluding hydrogens is 266 g/mol. The minimum atomic E-state index is -0.134. The van der Waals surface area contributed by atoms with Gasteiger partial charge >= 0.3 is 0 Å². The monoisotopic (exact) mass is 291 g/mol. The fourth-order valence-corrected chi connectivity index (χ4v) is 2.63. The van der Waals surface area contributed by atoms with Crippen LogP contribution in [0.25, 0.3) is 0 Å². The van der Waals surface area contributed by atoms with Crippen LogP contribution < -0.4 is 10.6 Å². The molecule has 5 heteroatoms. The molecule has 1 aromatic rings. The summed E-state index contributed by atoms with van der Waals surface area (Å²) in [5, 5.41) is 6.41. The third kappa shape index (κ3) is 5.36. The smallest absolute Gasteiger partial charge is 0.250 e. The van der Waals surface area contributed by atoms with Crippen LogP contribution in [0.1, 0.15) is 19.3 Å². The van der Waals surface area contributed by atoms with Gasteiger partial charge in [-0.2, -0.15) is 0 Å². The van der Waals surface area contributed by atoms with Crippen LogP contribution in [0.3, 0.4) is 0 Å². The lowest BCUT2D eigenvalue weighted by molar-refractivity contribution is -0.119. The van der Waals surface area contributed by atoms with Gasteiger partial charge in [0.05, 0.1) is 0 Å². The van der Waals surface area contributed by atoms with Crippen LogP contribution in [0.15, 0.2) is 24.3 Å². The zero-order valence-corrected chi connectivity index (χ0v) is 12.9. The topological polar surface area (TPSA) is 53.6 Å². The molecule has 21 heavy (non-hydrogen) atoms. The van der Waals surface area contributed by atoms with Crippen LogP contribution in [0.2, 0.25) is 0 Å². The Hall–Kier alpha value is -1.59. The van der Waals surface area contributed by atoms with Crippen molar-refractivity contribution in [3.05, 3.63) is 24.3 Å². The molecule has 0 aromatic heterocycles. The Morgan fingerprint density at radius 2 is 2.14 bits per heavy atom. The SMILES string of the molecule is COCC(=O)Nc1cccc(NC2CCCN(C)CC2)c1. The highest BCUT2D eigenvalue weighted by atomic mass is 16.5. The average Bonchev–Trinajstić information content (AvgIpc) is 2.64. The fourth-order valence-electron chi connectivity index (χ4n) is 2.63. The van der Waals surface area contributed by atoms with E-state index in [1.165, 1.54) is 26.5 Å². The molecule has 0 spiro atoms. The van der Waals surface area contributed by atoms with Crippen LogP contribution >= 0.6 is 0 Å². The normalized spacial score (nSPS) is 19.8. The van der Waals surface area contributed by atoms with Crippen molar-refractivity contribution >= 4 is 17.3 Å². The van der Waals surface area contributed by atoms with Gasteiger partial charge in [0.2, 0.25) is 5.91 Å². The number of hydrogen-bond acceptors (Lipinski definition) is 4. The quantitative estimate of drug-likeness (QED) is 0.873. The van der Waals surface area contributed by atoms with Crippen LogP contribution in [-0.4, -0.2) is 50.7 Å². The molecule has 1 atom stereocenters. The Kier molecular flexibility index (Phi) is 6.02. The van der Waals surface area contributed by atoms with Gasteiger partial charge in [-0.3, -0.25) is 4.79 Å². The van der Waals surface area contributed by atoms with E-state index >= 15 is 0 Å². The van der Waals surface area contributed by atoms with Gasteiger partial charge in [0.25, 0.3) is 0 Å². The molecule has 1 unspecified atom stereocenters. The van der Waals surface area contributed by atoms with Crippen molar-refractivity contribution < 1.29 is 9.53 Å². The van der Waals surface area contributed by atoms with Crippen molar-refractivity contribution in [2.75, 3.05) is 44.5 Å². The van der Waals surface area contributed by atoms with E-state index in [0.29, 0.717) is 6.04 Å². The Morgan fingerprint density at radius 1 is 1.33 bits per heavy atom. The third-order valence-corrected chi connectivity index (χ3v) is 3.74. The summed E-state index contributed by atoms with van der Waals surface area (Å²) >= 11 is 0. The third-order valence-electron chi connectivity index (χ3n) is 3.74. The minimum Gasteiger partial charge on any atom is -0.382 e. The second-order valence-corrected chi connectivity index (χ2v) is 5.64. The molecule has 1 fully saturated rings. The van der Waals surface area contributed by atoms with Gasteiger partial charge in [0.15, 0.2) is 0 Å². The molecule has 1 amide bonds. The summed E-state index contributed by atoms with van der Waals surface area (Å²) in [6, 6.07) is 8.36. The number of benzene rings is 1. The summed E-state index contributed by atoms with van der Waals surface area (Å²) in [5.74, 6) is -0.134. The van der Waals surface area contributed by atoms with Crippen molar-refractivity contribution in [3.8, 4) is 0 Å². The van der Waals surface area contributed by atoms with E-state index < -0.39 is 0 Å². The number of hydrogen-bond donors (Lipinski definition) is 2. The lowest BCUT2D eigenvalue weighted by Crippen LogP contribution is -2.23. The first-order valence-corrected chi connectivity index (χ1v) is 7.51. The maximum Gasteiger partial charge on any atom is 0.250 e. The molecule has 1 aromatic carbocycles. The number of nitrogens with zero attached hydrogens (tertiary/aromatic N) is 1. The predicted octanol–water partition coefficient (Wildman–Crippen LogP) is 2.17. The van der Waals surface area contributed by atoms with Crippen LogP contribution in [0.4, 0.5) is 11.4 Å². The van der Waals surface area contributed by atoms with Gasteiger partial charge in [-0.25, -0.2) is 0 Å². The van der Waals surface area contributed by atoms with Crippen LogP contribution in [0, 0.1) is 0 Å². The zero-order chi connectivity index (χ0) is 15.1. The highest BCUT2D eigenvalue weighted by Crippen LogP contribution is 2.19. The van der Waals surface area contributed by atoms with E-state index in [4.69, 9.17) is 4.74 Å². The van der Waals surface area contributed by atoms with Crippen molar-refractivity contribution in [3.63, 3.8) is 0 Å². The van der Waals surface area contributed by atoms with Crippen LogP contribution in [0.5, 0.6) is 0 Å². The lowest BCUT2D eigenvalue weighted by atomic mass is 10.1.